The lowest BCUT2D eigenvalue weighted by atomic mass is 10.2. The van der Waals surface area contributed by atoms with Gasteiger partial charge >= 0.3 is 5.97 Å². The molecule has 1 N–H and O–H groups in total. The second-order valence-corrected chi connectivity index (χ2v) is 2.93. The molecule has 0 fully saturated rings. The lowest BCUT2D eigenvalue weighted by Crippen LogP contribution is -2.15. The molecule has 11 heavy (non-hydrogen) atoms. The van der Waals surface area contributed by atoms with Gasteiger partial charge in [0.25, 0.3) is 0 Å². The lowest BCUT2D eigenvalue weighted by Gasteiger charge is -2.14. The minimum absolute atomic E-state index is 0.0473. The molecule has 0 saturated heterocycles. The topological polar surface area (TPSA) is 46.5 Å². The summed E-state index contributed by atoms with van der Waals surface area (Å²) in [5.74, 6) is -0.760. The molecule has 0 aliphatic heterocycles. The molecule has 0 amide bonds. The predicted octanol–water partition coefficient (Wildman–Crippen LogP) is 1.66. The van der Waals surface area contributed by atoms with Crippen LogP contribution in [0.4, 0.5) is 0 Å². The molecule has 0 radical (unpaired) electrons. The van der Waals surface area contributed by atoms with E-state index in [0.29, 0.717) is 6.42 Å². The minimum Gasteiger partial charge on any atom is -0.481 e. The summed E-state index contributed by atoms with van der Waals surface area (Å²) < 4.78 is 5.34. The van der Waals surface area contributed by atoms with Crippen molar-refractivity contribution in [3.63, 3.8) is 0 Å². The molecule has 66 valence electrons. The minimum atomic E-state index is -0.760. The zero-order chi connectivity index (χ0) is 8.85. The molecule has 0 rings (SSSR count). The van der Waals surface area contributed by atoms with Gasteiger partial charge in [-0.1, -0.05) is 0 Å². The fraction of sp³-hybridized carbons (Fsp3) is 0.875. The number of aliphatic carboxylic acids is 1. The van der Waals surface area contributed by atoms with Crippen LogP contribution in [0, 0.1) is 0 Å². The first-order chi connectivity index (χ1) is 5.02. The predicted molar refractivity (Wildman–Crippen MR) is 42.6 cm³/mol. The van der Waals surface area contributed by atoms with E-state index < -0.39 is 5.97 Å². The van der Waals surface area contributed by atoms with Gasteiger partial charge in [-0.15, -0.1) is 0 Å². The SMILES string of the molecule is CC(C)OC(C)CCC(=O)O. The highest BCUT2D eigenvalue weighted by molar-refractivity contribution is 5.66. The first kappa shape index (κ1) is 10.4. The quantitative estimate of drug-likeness (QED) is 0.665. The zero-order valence-corrected chi connectivity index (χ0v) is 7.33. The summed E-state index contributed by atoms with van der Waals surface area (Å²) in [5.41, 5.74) is 0. The molecule has 0 aromatic carbocycles. The molecule has 0 bridgehead atoms. The molecular weight excluding hydrogens is 144 g/mol. The van der Waals surface area contributed by atoms with E-state index in [1.807, 2.05) is 20.8 Å². The van der Waals surface area contributed by atoms with Gasteiger partial charge in [0.1, 0.15) is 0 Å². The Bertz CT molecular complexity index is 121. The molecular formula is C8H16O3. The van der Waals surface area contributed by atoms with Crippen LogP contribution in [0.15, 0.2) is 0 Å². The standard InChI is InChI=1S/C8H16O3/c1-6(2)11-7(3)4-5-8(9)10/h6-7H,4-5H2,1-3H3,(H,9,10). The highest BCUT2D eigenvalue weighted by Crippen LogP contribution is 2.04. The summed E-state index contributed by atoms with van der Waals surface area (Å²) in [7, 11) is 0. The molecule has 3 nitrogen and oxygen atoms in total. The summed E-state index contributed by atoms with van der Waals surface area (Å²) in [5, 5.41) is 8.34. The van der Waals surface area contributed by atoms with Gasteiger partial charge < -0.3 is 9.84 Å². The fourth-order valence-electron chi connectivity index (χ4n) is 0.859. The van der Waals surface area contributed by atoms with Gasteiger partial charge in [0.05, 0.1) is 12.2 Å². The van der Waals surface area contributed by atoms with Gasteiger partial charge in [-0.2, -0.15) is 0 Å². The van der Waals surface area contributed by atoms with Crippen LogP contribution in [0.2, 0.25) is 0 Å². The van der Waals surface area contributed by atoms with Crippen LogP contribution in [0.5, 0.6) is 0 Å². The maximum atomic E-state index is 10.1. The molecule has 0 saturated carbocycles. The number of hydrogen-bond acceptors (Lipinski definition) is 2. The first-order valence-electron chi connectivity index (χ1n) is 3.89. The second kappa shape index (κ2) is 5.13. The molecule has 0 heterocycles. The summed E-state index contributed by atoms with van der Waals surface area (Å²) in [4.78, 5) is 10.1. The number of ether oxygens (including phenoxy) is 1. The second-order valence-electron chi connectivity index (χ2n) is 2.93. The third kappa shape index (κ3) is 7.33. The maximum Gasteiger partial charge on any atom is 0.303 e. The van der Waals surface area contributed by atoms with Gasteiger partial charge in [0, 0.05) is 6.42 Å². The van der Waals surface area contributed by atoms with Crippen LogP contribution in [-0.2, 0) is 9.53 Å². The third-order valence-electron chi connectivity index (χ3n) is 1.27. The summed E-state index contributed by atoms with van der Waals surface area (Å²) in [6.45, 7) is 5.78. The summed E-state index contributed by atoms with van der Waals surface area (Å²) >= 11 is 0. The van der Waals surface area contributed by atoms with Crippen molar-refractivity contribution < 1.29 is 14.6 Å². The van der Waals surface area contributed by atoms with Gasteiger partial charge in [0.15, 0.2) is 0 Å². The Labute approximate surface area is 67.4 Å². The molecule has 1 unspecified atom stereocenters. The van der Waals surface area contributed by atoms with E-state index >= 15 is 0 Å². The maximum absolute atomic E-state index is 10.1. The number of carbonyl (C=O) groups is 1. The lowest BCUT2D eigenvalue weighted by molar-refractivity contribution is -0.138. The number of hydrogen-bond donors (Lipinski definition) is 1. The Morgan fingerprint density at radius 3 is 2.36 bits per heavy atom. The number of carboxylic acid groups (broad SMARTS) is 1. The molecule has 0 aliphatic carbocycles. The smallest absolute Gasteiger partial charge is 0.303 e. The first-order valence-corrected chi connectivity index (χ1v) is 3.89. The zero-order valence-electron chi connectivity index (χ0n) is 7.33. The highest BCUT2D eigenvalue weighted by atomic mass is 16.5. The Hall–Kier alpha value is -0.570. The van der Waals surface area contributed by atoms with Crippen LogP contribution >= 0.6 is 0 Å². The average Bonchev–Trinajstić information content (AvgIpc) is 1.82. The van der Waals surface area contributed by atoms with E-state index in [2.05, 4.69) is 0 Å². The van der Waals surface area contributed by atoms with Gasteiger partial charge in [-0.3, -0.25) is 4.79 Å². The van der Waals surface area contributed by atoms with Crippen molar-refractivity contribution in [1.82, 2.24) is 0 Å². The molecule has 3 heteroatoms. The Morgan fingerprint density at radius 1 is 1.45 bits per heavy atom. The highest BCUT2D eigenvalue weighted by Gasteiger charge is 2.06. The Kier molecular flexibility index (Phi) is 4.86. The van der Waals surface area contributed by atoms with E-state index in [0.717, 1.165) is 0 Å². The Balaban J connectivity index is 3.37. The van der Waals surface area contributed by atoms with Crippen molar-refractivity contribution in [2.75, 3.05) is 0 Å². The molecule has 0 spiro atoms. The van der Waals surface area contributed by atoms with Crippen molar-refractivity contribution >= 4 is 5.97 Å². The van der Waals surface area contributed by atoms with Gasteiger partial charge in [-0.25, -0.2) is 0 Å². The normalized spacial score (nSPS) is 13.5. The van der Waals surface area contributed by atoms with E-state index in [-0.39, 0.29) is 18.6 Å². The van der Waals surface area contributed by atoms with Crippen LogP contribution in [0.1, 0.15) is 33.6 Å². The largest absolute Gasteiger partial charge is 0.481 e. The molecule has 0 aromatic heterocycles. The van der Waals surface area contributed by atoms with Crippen LogP contribution in [0.3, 0.4) is 0 Å². The van der Waals surface area contributed by atoms with Crippen LogP contribution < -0.4 is 0 Å². The fourth-order valence-corrected chi connectivity index (χ4v) is 0.859. The van der Waals surface area contributed by atoms with Crippen molar-refractivity contribution in [3.05, 3.63) is 0 Å². The van der Waals surface area contributed by atoms with Crippen LogP contribution in [-0.4, -0.2) is 23.3 Å². The molecule has 0 aromatic rings. The summed E-state index contributed by atoms with van der Waals surface area (Å²) in [6.07, 6.45) is 1.01. The van der Waals surface area contributed by atoms with E-state index in [4.69, 9.17) is 9.84 Å². The number of rotatable bonds is 5. The van der Waals surface area contributed by atoms with Crippen molar-refractivity contribution in [3.8, 4) is 0 Å². The number of carboxylic acids is 1. The van der Waals surface area contributed by atoms with Crippen molar-refractivity contribution in [2.45, 2.75) is 45.8 Å². The van der Waals surface area contributed by atoms with Crippen molar-refractivity contribution in [2.24, 2.45) is 0 Å². The Morgan fingerprint density at radius 2 is 2.00 bits per heavy atom. The van der Waals surface area contributed by atoms with Gasteiger partial charge in [-0.05, 0) is 27.2 Å². The van der Waals surface area contributed by atoms with Crippen molar-refractivity contribution in [1.29, 1.82) is 0 Å². The molecule has 0 aliphatic rings. The van der Waals surface area contributed by atoms with Crippen LogP contribution in [0.25, 0.3) is 0 Å². The average molecular weight is 160 g/mol. The summed E-state index contributed by atoms with van der Waals surface area (Å²) in [6, 6.07) is 0. The van der Waals surface area contributed by atoms with E-state index in [1.54, 1.807) is 0 Å². The molecule has 1 atom stereocenters. The van der Waals surface area contributed by atoms with E-state index in [9.17, 15) is 4.79 Å². The third-order valence-corrected chi connectivity index (χ3v) is 1.27. The van der Waals surface area contributed by atoms with E-state index in [1.165, 1.54) is 0 Å². The monoisotopic (exact) mass is 160 g/mol. The van der Waals surface area contributed by atoms with Gasteiger partial charge in [0.2, 0.25) is 0 Å².